The number of aryl methyl sites for hydroxylation is 1. The summed E-state index contributed by atoms with van der Waals surface area (Å²) in [6.45, 7) is 6.46. The fraction of sp³-hybridized carbons (Fsp3) is 0.533. The van der Waals surface area contributed by atoms with E-state index >= 15 is 0 Å². The van der Waals surface area contributed by atoms with Crippen LogP contribution >= 0.6 is 0 Å². The van der Waals surface area contributed by atoms with Crippen molar-refractivity contribution in [3.63, 3.8) is 0 Å². The fourth-order valence-corrected chi connectivity index (χ4v) is 1.71. The van der Waals surface area contributed by atoms with Gasteiger partial charge in [-0.1, -0.05) is 19.1 Å². The first kappa shape index (κ1) is 15.7. The molecule has 0 bridgehead atoms. The Kier molecular flexibility index (Phi) is 7.15. The normalized spacial score (nSPS) is 10.5. The summed E-state index contributed by atoms with van der Waals surface area (Å²) in [5.74, 6) is -0.307. The van der Waals surface area contributed by atoms with E-state index in [4.69, 9.17) is 14.2 Å². The maximum Gasteiger partial charge on any atom is 0.338 e. The number of hydrogen-bond donors (Lipinski definition) is 0. The minimum Gasteiger partial charge on any atom is -0.465 e. The van der Waals surface area contributed by atoms with Crippen LogP contribution in [0.4, 0.5) is 0 Å². The molecule has 0 saturated heterocycles. The van der Waals surface area contributed by atoms with Crippen LogP contribution in [0.2, 0.25) is 0 Å². The predicted molar refractivity (Wildman–Crippen MR) is 73.3 cm³/mol. The molecule has 4 heteroatoms. The lowest BCUT2D eigenvalue weighted by molar-refractivity contribution is 0.0408. The van der Waals surface area contributed by atoms with Gasteiger partial charge in [-0.05, 0) is 30.5 Å². The molecule has 19 heavy (non-hydrogen) atoms. The molecule has 0 aromatic heterocycles. The van der Waals surface area contributed by atoms with Crippen molar-refractivity contribution in [1.82, 2.24) is 0 Å². The summed E-state index contributed by atoms with van der Waals surface area (Å²) >= 11 is 0. The second kappa shape index (κ2) is 8.67. The van der Waals surface area contributed by atoms with E-state index in [2.05, 4.69) is 6.92 Å². The van der Waals surface area contributed by atoms with E-state index < -0.39 is 0 Å². The summed E-state index contributed by atoms with van der Waals surface area (Å²) < 4.78 is 15.5. The zero-order chi connectivity index (χ0) is 14.1. The molecule has 1 rings (SSSR count). The van der Waals surface area contributed by atoms with Crippen molar-refractivity contribution in [2.45, 2.75) is 26.9 Å². The molecule has 1 aromatic rings. The van der Waals surface area contributed by atoms with Crippen LogP contribution in [-0.2, 0) is 20.8 Å². The van der Waals surface area contributed by atoms with Crippen LogP contribution in [-0.4, -0.2) is 32.9 Å². The molecule has 4 nitrogen and oxygen atoms in total. The van der Waals surface area contributed by atoms with E-state index in [0.717, 1.165) is 24.2 Å². The minimum atomic E-state index is -0.307. The molecule has 0 amide bonds. The standard InChI is InChI=1S/C15H22O4/c1-4-7-18-8-9-19-11-13-5-6-14(12(2)10-13)15(16)17-3/h5-6,10H,4,7-9,11H2,1-3H3. The second-order valence-electron chi connectivity index (χ2n) is 4.31. The third-order valence-corrected chi connectivity index (χ3v) is 2.69. The molecule has 0 atom stereocenters. The number of carbonyl (C=O) groups excluding carboxylic acids is 1. The van der Waals surface area contributed by atoms with Gasteiger partial charge in [0, 0.05) is 6.61 Å². The molecule has 106 valence electrons. The van der Waals surface area contributed by atoms with E-state index in [1.54, 1.807) is 6.07 Å². The highest BCUT2D eigenvalue weighted by Gasteiger charge is 2.09. The van der Waals surface area contributed by atoms with Gasteiger partial charge in [-0.15, -0.1) is 0 Å². The average molecular weight is 266 g/mol. The summed E-state index contributed by atoms with van der Waals surface area (Å²) in [4.78, 5) is 11.4. The Morgan fingerprint density at radius 1 is 1.16 bits per heavy atom. The third-order valence-electron chi connectivity index (χ3n) is 2.69. The van der Waals surface area contributed by atoms with Crippen molar-refractivity contribution in [2.75, 3.05) is 26.9 Å². The van der Waals surface area contributed by atoms with Gasteiger partial charge in [0.05, 0.1) is 32.5 Å². The highest BCUT2D eigenvalue weighted by molar-refractivity contribution is 5.90. The molecule has 0 aliphatic rings. The first-order valence-electron chi connectivity index (χ1n) is 6.52. The summed E-state index contributed by atoms with van der Waals surface area (Å²) in [5, 5.41) is 0. The molecule has 0 aliphatic heterocycles. The number of ether oxygens (including phenoxy) is 3. The zero-order valence-electron chi connectivity index (χ0n) is 11.9. The quantitative estimate of drug-likeness (QED) is 0.536. The van der Waals surface area contributed by atoms with E-state index in [1.165, 1.54) is 7.11 Å². The van der Waals surface area contributed by atoms with Gasteiger partial charge < -0.3 is 14.2 Å². The smallest absolute Gasteiger partial charge is 0.338 e. The van der Waals surface area contributed by atoms with Crippen LogP contribution in [0.15, 0.2) is 18.2 Å². The molecule has 0 heterocycles. The Bertz CT molecular complexity index is 401. The molecule has 0 saturated carbocycles. The molecule has 0 spiro atoms. The Hall–Kier alpha value is -1.39. The number of rotatable bonds is 8. The van der Waals surface area contributed by atoms with Crippen LogP contribution in [0.5, 0.6) is 0 Å². The maximum atomic E-state index is 11.4. The van der Waals surface area contributed by atoms with Crippen LogP contribution in [0, 0.1) is 6.92 Å². The van der Waals surface area contributed by atoms with Gasteiger partial charge in [-0.3, -0.25) is 0 Å². The molecule has 0 fully saturated rings. The van der Waals surface area contributed by atoms with E-state index in [0.29, 0.717) is 25.4 Å². The summed E-state index contributed by atoms with van der Waals surface area (Å²) in [6.07, 6.45) is 1.02. The highest BCUT2D eigenvalue weighted by Crippen LogP contribution is 2.13. The molecule has 0 N–H and O–H groups in total. The van der Waals surface area contributed by atoms with Crippen molar-refractivity contribution >= 4 is 5.97 Å². The lowest BCUT2D eigenvalue weighted by Gasteiger charge is -2.08. The number of methoxy groups -OCH3 is 1. The highest BCUT2D eigenvalue weighted by atomic mass is 16.5. The van der Waals surface area contributed by atoms with Gasteiger partial charge in [0.15, 0.2) is 0 Å². The van der Waals surface area contributed by atoms with Gasteiger partial charge in [0.25, 0.3) is 0 Å². The fourth-order valence-electron chi connectivity index (χ4n) is 1.71. The number of esters is 1. The molecule has 0 radical (unpaired) electrons. The summed E-state index contributed by atoms with van der Waals surface area (Å²) in [7, 11) is 1.38. The second-order valence-corrected chi connectivity index (χ2v) is 4.31. The monoisotopic (exact) mass is 266 g/mol. The summed E-state index contributed by atoms with van der Waals surface area (Å²) in [6, 6.07) is 5.60. The van der Waals surface area contributed by atoms with Gasteiger partial charge in [0.1, 0.15) is 0 Å². The Balaban J connectivity index is 2.39. The van der Waals surface area contributed by atoms with Gasteiger partial charge in [-0.2, -0.15) is 0 Å². The van der Waals surface area contributed by atoms with Crippen molar-refractivity contribution in [1.29, 1.82) is 0 Å². The molecule has 1 aromatic carbocycles. The Morgan fingerprint density at radius 3 is 2.53 bits per heavy atom. The lowest BCUT2D eigenvalue weighted by Crippen LogP contribution is -2.06. The van der Waals surface area contributed by atoms with E-state index in [1.807, 2.05) is 19.1 Å². The maximum absolute atomic E-state index is 11.4. The van der Waals surface area contributed by atoms with Crippen molar-refractivity contribution in [3.05, 3.63) is 34.9 Å². The van der Waals surface area contributed by atoms with Crippen LogP contribution < -0.4 is 0 Å². The number of carbonyl (C=O) groups is 1. The summed E-state index contributed by atoms with van der Waals surface area (Å²) in [5.41, 5.74) is 2.54. The van der Waals surface area contributed by atoms with Crippen LogP contribution in [0.3, 0.4) is 0 Å². The van der Waals surface area contributed by atoms with Gasteiger partial charge in [-0.25, -0.2) is 4.79 Å². The van der Waals surface area contributed by atoms with Crippen molar-refractivity contribution < 1.29 is 19.0 Å². The van der Waals surface area contributed by atoms with E-state index in [9.17, 15) is 4.79 Å². The number of benzene rings is 1. The van der Waals surface area contributed by atoms with Crippen LogP contribution in [0.1, 0.15) is 34.8 Å². The predicted octanol–water partition coefficient (Wildman–Crippen LogP) is 2.72. The molecular weight excluding hydrogens is 244 g/mol. The third kappa shape index (κ3) is 5.41. The van der Waals surface area contributed by atoms with Crippen molar-refractivity contribution in [3.8, 4) is 0 Å². The molecule has 0 unspecified atom stereocenters. The minimum absolute atomic E-state index is 0.307. The molecule has 0 aliphatic carbocycles. The van der Waals surface area contributed by atoms with Crippen LogP contribution in [0.25, 0.3) is 0 Å². The number of hydrogen-bond acceptors (Lipinski definition) is 4. The zero-order valence-corrected chi connectivity index (χ0v) is 11.9. The van der Waals surface area contributed by atoms with Gasteiger partial charge in [0.2, 0.25) is 0 Å². The lowest BCUT2D eigenvalue weighted by atomic mass is 10.1. The topological polar surface area (TPSA) is 44.8 Å². The first-order valence-corrected chi connectivity index (χ1v) is 6.52. The van der Waals surface area contributed by atoms with E-state index in [-0.39, 0.29) is 5.97 Å². The molecular formula is C15H22O4. The van der Waals surface area contributed by atoms with Gasteiger partial charge >= 0.3 is 5.97 Å². The SMILES string of the molecule is CCCOCCOCc1ccc(C(=O)OC)c(C)c1. The first-order chi connectivity index (χ1) is 9.19. The Labute approximate surface area is 114 Å². The van der Waals surface area contributed by atoms with Crippen molar-refractivity contribution in [2.24, 2.45) is 0 Å². The Morgan fingerprint density at radius 2 is 1.89 bits per heavy atom. The average Bonchev–Trinajstić information content (AvgIpc) is 2.42. The largest absolute Gasteiger partial charge is 0.465 e.